The third-order valence-corrected chi connectivity index (χ3v) is 5.68. The number of carbonyl (C=O) groups is 4. The molecule has 3 aliphatic rings. The molecule has 3 aliphatic heterocycles. The van der Waals surface area contributed by atoms with Crippen LogP contribution in [0.3, 0.4) is 0 Å². The van der Waals surface area contributed by atoms with E-state index in [0.717, 1.165) is 16.0 Å². The number of benzene rings is 1. The van der Waals surface area contributed by atoms with Gasteiger partial charge in [0.2, 0.25) is 5.91 Å². The highest BCUT2D eigenvalue weighted by molar-refractivity contribution is 6.05. The second-order valence-electron chi connectivity index (χ2n) is 7.22. The van der Waals surface area contributed by atoms with Crippen molar-refractivity contribution in [2.45, 2.75) is 44.3 Å². The molecule has 2 atom stereocenters. The summed E-state index contributed by atoms with van der Waals surface area (Å²) in [7, 11) is 0. The van der Waals surface area contributed by atoms with E-state index in [1.165, 1.54) is 4.90 Å². The lowest BCUT2D eigenvalue weighted by Crippen LogP contribution is -2.42. The van der Waals surface area contributed by atoms with Crippen LogP contribution in [0.1, 0.15) is 30.4 Å². The van der Waals surface area contributed by atoms with E-state index in [-0.39, 0.29) is 30.8 Å². The molecule has 0 saturated carbocycles. The van der Waals surface area contributed by atoms with Gasteiger partial charge in [0.15, 0.2) is 0 Å². The van der Waals surface area contributed by atoms with Crippen LogP contribution in [0.5, 0.6) is 0 Å². The maximum absolute atomic E-state index is 12.7. The molecule has 3 heterocycles. The molecule has 2 fully saturated rings. The summed E-state index contributed by atoms with van der Waals surface area (Å²) in [5, 5.41) is 9.20. The zero-order chi connectivity index (χ0) is 19.1. The van der Waals surface area contributed by atoms with Gasteiger partial charge in [0, 0.05) is 32.5 Å². The van der Waals surface area contributed by atoms with E-state index >= 15 is 0 Å². The summed E-state index contributed by atoms with van der Waals surface area (Å²) >= 11 is 0. The molecule has 0 aromatic heterocycles. The molecule has 0 aliphatic carbocycles. The standard InChI is InChI=1S/C19H21N3O5/c23-16(20-8-3-6-14(20)18(25)26)7-9-21-17(24)15-10-12-4-1-2-5-13(12)11-22(15)19(21)27/h1-2,4-5,14-15H,3,6-11H2,(H,25,26)/t14-,15-/m1/s1. The van der Waals surface area contributed by atoms with Crippen molar-refractivity contribution in [3.63, 3.8) is 0 Å². The van der Waals surface area contributed by atoms with Gasteiger partial charge in [0.1, 0.15) is 12.1 Å². The largest absolute Gasteiger partial charge is 0.480 e. The Hall–Kier alpha value is -2.90. The Labute approximate surface area is 156 Å². The number of likely N-dealkylation sites (tertiary alicyclic amines) is 1. The molecule has 0 spiro atoms. The number of fused-ring (bicyclic) bond motifs is 2. The minimum absolute atomic E-state index is 0.0112. The number of carbonyl (C=O) groups excluding carboxylic acids is 3. The first-order chi connectivity index (χ1) is 13.0. The molecule has 142 valence electrons. The van der Waals surface area contributed by atoms with E-state index in [9.17, 15) is 24.3 Å². The highest BCUT2D eigenvalue weighted by Gasteiger charge is 2.47. The van der Waals surface area contributed by atoms with E-state index in [4.69, 9.17) is 0 Å². The first-order valence-electron chi connectivity index (χ1n) is 9.18. The minimum atomic E-state index is -1.01. The van der Waals surface area contributed by atoms with Crippen LogP contribution in [0.4, 0.5) is 4.79 Å². The molecule has 8 heteroatoms. The van der Waals surface area contributed by atoms with Gasteiger partial charge in [-0.3, -0.25) is 14.5 Å². The molecule has 1 N–H and O–H groups in total. The van der Waals surface area contributed by atoms with Gasteiger partial charge in [-0.25, -0.2) is 9.59 Å². The van der Waals surface area contributed by atoms with Crippen molar-refractivity contribution in [2.24, 2.45) is 0 Å². The Bertz CT molecular complexity index is 780. The van der Waals surface area contributed by atoms with Gasteiger partial charge in [0.25, 0.3) is 5.91 Å². The normalized spacial score (nSPS) is 24.2. The number of imide groups is 1. The zero-order valence-electron chi connectivity index (χ0n) is 14.8. The summed E-state index contributed by atoms with van der Waals surface area (Å²) < 4.78 is 0. The molecule has 8 nitrogen and oxygen atoms in total. The Morgan fingerprint density at radius 2 is 1.89 bits per heavy atom. The lowest BCUT2D eigenvalue weighted by molar-refractivity contribution is -0.148. The Balaban J connectivity index is 1.42. The van der Waals surface area contributed by atoms with Crippen LogP contribution in [0.25, 0.3) is 0 Å². The predicted octanol–water partition coefficient (Wildman–Crippen LogP) is 0.841. The summed E-state index contributed by atoms with van der Waals surface area (Å²) in [6, 6.07) is 6.06. The first kappa shape index (κ1) is 17.5. The smallest absolute Gasteiger partial charge is 0.327 e. The number of urea groups is 1. The molecule has 0 bridgehead atoms. The van der Waals surface area contributed by atoms with Crippen LogP contribution in [0, 0.1) is 0 Å². The molecule has 0 radical (unpaired) electrons. The number of hydrogen-bond donors (Lipinski definition) is 1. The molecule has 1 aromatic rings. The van der Waals surface area contributed by atoms with Gasteiger partial charge >= 0.3 is 12.0 Å². The molecular formula is C19H21N3O5. The number of aliphatic carboxylic acids is 1. The van der Waals surface area contributed by atoms with Crippen molar-refractivity contribution in [3.8, 4) is 0 Å². The van der Waals surface area contributed by atoms with E-state index in [2.05, 4.69) is 0 Å². The van der Waals surface area contributed by atoms with Crippen molar-refractivity contribution >= 4 is 23.8 Å². The monoisotopic (exact) mass is 371 g/mol. The fourth-order valence-corrected chi connectivity index (χ4v) is 4.25. The van der Waals surface area contributed by atoms with Crippen molar-refractivity contribution in [1.82, 2.24) is 14.7 Å². The molecule has 1 aromatic carbocycles. The topological polar surface area (TPSA) is 98.2 Å². The summed E-state index contributed by atoms with van der Waals surface area (Å²) in [6.45, 7) is 0.785. The minimum Gasteiger partial charge on any atom is -0.480 e. The van der Waals surface area contributed by atoms with E-state index in [1.807, 2.05) is 24.3 Å². The van der Waals surface area contributed by atoms with Gasteiger partial charge in [0.05, 0.1) is 0 Å². The third-order valence-electron chi connectivity index (χ3n) is 5.68. The molecule has 0 unspecified atom stereocenters. The van der Waals surface area contributed by atoms with E-state index in [1.54, 1.807) is 4.90 Å². The Morgan fingerprint density at radius 1 is 1.15 bits per heavy atom. The second kappa shape index (κ2) is 6.68. The number of nitrogens with zero attached hydrogens (tertiary/aromatic N) is 3. The summed E-state index contributed by atoms with van der Waals surface area (Å²) in [5.41, 5.74) is 2.10. The quantitative estimate of drug-likeness (QED) is 0.791. The van der Waals surface area contributed by atoms with Crippen molar-refractivity contribution in [1.29, 1.82) is 0 Å². The van der Waals surface area contributed by atoms with Gasteiger partial charge in [-0.15, -0.1) is 0 Å². The summed E-state index contributed by atoms with van der Waals surface area (Å²) in [5.74, 6) is -1.61. The van der Waals surface area contributed by atoms with Crippen LogP contribution in [0.15, 0.2) is 24.3 Å². The van der Waals surface area contributed by atoms with Gasteiger partial charge in [-0.05, 0) is 24.0 Å². The van der Waals surface area contributed by atoms with Gasteiger partial charge in [-0.2, -0.15) is 0 Å². The van der Waals surface area contributed by atoms with Crippen LogP contribution in [0.2, 0.25) is 0 Å². The lowest BCUT2D eigenvalue weighted by atomic mass is 9.95. The molecule has 4 amide bonds. The fourth-order valence-electron chi connectivity index (χ4n) is 4.25. The molecule has 4 rings (SSSR count). The number of amides is 4. The van der Waals surface area contributed by atoms with Crippen molar-refractivity contribution in [3.05, 3.63) is 35.4 Å². The molecular weight excluding hydrogens is 350 g/mol. The molecule has 27 heavy (non-hydrogen) atoms. The molecule has 2 saturated heterocycles. The van der Waals surface area contributed by atoms with Crippen molar-refractivity contribution in [2.75, 3.05) is 13.1 Å². The van der Waals surface area contributed by atoms with Crippen molar-refractivity contribution < 1.29 is 24.3 Å². The second-order valence-corrected chi connectivity index (χ2v) is 7.22. The van der Waals surface area contributed by atoms with Crippen LogP contribution in [-0.2, 0) is 27.3 Å². The number of carboxylic acid groups (broad SMARTS) is 1. The number of rotatable bonds is 4. The highest BCUT2D eigenvalue weighted by Crippen LogP contribution is 2.30. The number of hydrogen-bond acceptors (Lipinski definition) is 4. The average Bonchev–Trinajstić information content (AvgIpc) is 3.24. The number of carboxylic acids is 1. The van der Waals surface area contributed by atoms with Gasteiger partial charge < -0.3 is 14.9 Å². The zero-order valence-corrected chi connectivity index (χ0v) is 14.8. The highest BCUT2D eigenvalue weighted by atomic mass is 16.4. The summed E-state index contributed by atoms with van der Waals surface area (Å²) in [4.78, 5) is 53.1. The Morgan fingerprint density at radius 3 is 2.63 bits per heavy atom. The van der Waals surface area contributed by atoms with E-state index in [0.29, 0.717) is 32.4 Å². The summed E-state index contributed by atoms with van der Waals surface area (Å²) in [6.07, 6.45) is 1.53. The van der Waals surface area contributed by atoms with Gasteiger partial charge in [-0.1, -0.05) is 24.3 Å². The maximum atomic E-state index is 12.7. The first-order valence-corrected chi connectivity index (χ1v) is 9.18. The van der Waals surface area contributed by atoms with Crippen LogP contribution in [-0.4, -0.2) is 68.8 Å². The lowest BCUT2D eigenvalue weighted by Gasteiger charge is -2.28. The fraction of sp³-hybridized carbons (Fsp3) is 0.474. The average molecular weight is 371 g/mol. The van der Waals surface area contributed by atoms with E-state index < -0.39 is 18.1 Å². The maximum Gasteiger partial charge on any atom is 0.327 e. The predicted molar refractivity (Wildman–Crippen MR) is 93.6 cm³/mol. The van der Waals surface area contributed by atoms with Crippen LogP contribution >= 0.6 is 0 Å². The SMILES string of the molecule is O=C(O)[C@H]1CCCN1C(=O)CCN1C(=O)[C@H]2Cc3ccccc3CN2C1=O. The Kier molecular flexibility index (Phi) is 4.33. The third kappa shape index (κ3) is 2.94. The van der Waals surface area contributed by atoms with Crippen LogP contribution < -0.4 is 0 Å².